The second-order valence-electron chi connectivity index (χ2n) is 7.17. The van der Waals surface area contributed by atoms with Crippen LogP contribution in [0.3, 0.4) is 0 Å². The van der Waals surface area contributed by atoms with Gasteiger partial charge in [0, 0.05) is 37.6 Å². The molecule has 3 rings (SSSR count). The van der Waals surface area contributed by atoms with E-state index in [1.807, 2.05) is 20.8 Å². The topological polar surface area (TPSA) is 58.6 Å². The summed E-state index contributed by atoms with van der Waals surface area (Å²) in [7, 11) is 0. The number of anilines is 1. The minimum atomic E-state index is -0.504. The van der Waals surface area contributed by atoms with Gasteiger partial charge < -0.3 is 14.5 Å². The predicted molar refractivity (Wildman–Crippen MR) is 94.1 cm³/mol. The second kappa shape index (κ2) is 6.82. The fourth-order valence-corrected chi connectivity index (χ4v) is 2.91. The first kappa shape index (κ1) is 17.4. The van der Waals surface area contributed by atoms with E-state index < -0.39 is 5.60 Å². The van der Waals surface area contributed by atoms with Crippen molar-refractivity contribution in [3.05, 3.63) is 30.3 Å². The van der Waals surface area contributed by atoms with Crippen molar-refractivity contribution in [1.82, 2.24) is 14.9 Å². The molecule has 0 aliphatic carbocycles. The molecule has 0 unspecified atom stereocenters. The van der Waals surface area contributed by atoms with Crippen molar-refractivity contribution < 1.29 is 13.9 Å². The lowest BCUT2D eigenvalue weighted by atomic mass is 10.2. The highest BCUT2D eigenvalue weighted by Gasteiger charge is 2.25. The molecule has 1 amide bonds. The van der Waals surface area contributed by atoms with E-state index in [1.165, 1.54) is 18.5 Å². The highest BCUT2D eigenvalue weighted by molar-refractivity contribution is 5.89. The van der Waals surface area contributed by atoms with Crippen LogP contribution in [0.4, 0.5) is 15.0 Å². The standard InChI is InChI=1S/C18H23FN4O2/c1-18(2,3)25-17(24)23-8-4-7-22(9-10-23)16-14-6-5-13(19)11-15(14)20-12-21-16/h5-6,11-12H,4,7-10H2,1-3H3. The summed E-state index contributed by atoms with van der Waals surface area (Å²) < 4.78 is 18.9. The van der Waals surface area contributed by atoms with Crippen LogP contribution in [0.15, 0.2) is 24.5 Å². The summed E-state index contributed by atoms with van der Waals surface area (Å²) in [6.07, 6.45) is 1.98. The number of nitrogens with zero attached hydrogens (tertiary/aromatic N) is 4. The molecule has 6 nitrogen and oxygen atoms in total. The van der Waals surface area contributed by atoms with E-state index in [2.05, 4.69) is 14.9 Å². The van der Waals surface area contributed by atoms with E-state index in [9.17, 15) is 9.18 Å². The number of benzene rings is 1. The van der Waals surface area contributed by atoms with Crippen molar-refractivity contribution in [3.8, 4) is 0 Å². The van der Waals surface area contributed by atoms with E-state index >= 15 is 0 Å². The second-order valence-corrected chi connectivity index (χ2v) is 7.17. The van der Waals surface area contributed by atoms with Gasteiger partial charge in [-0.2, -0.15) is 0 Å². The molecule has 1 saturated heterocycles. The van der Waals surface area contributed by atoms with Crippen LogP contribution in [0, 0.1) is 5.82 Å². The molecule has 1 aromatic heterocycles. The van der Waals surface area contributed by atoms with Gasteiger partial charge in [-0.05, 0) is 39.3 Å². The van der Waals surface area contributed by atoms with Gasteiger partial charge in [0.2, 0.25) is 0 Å². The number of carbonyl (C=O) groups is 1. The molecule has 0 atom stereocenters. The zero-order chi connectivity index (χ0) is 18.0. The molecule has 25 heavy (non-hydrogen) atoms. The number of aromatic nitrogens is 2. The third kappa shape index (κ3) is 4.15. The van der Waals surface area contributed by atoms with E-state index in [-0.39, 0.29) is 11.9 Å². The molecule has 1 aliphatic heterocycles. The van der Waals surface area contributed by atoms with Crippen molar-refractivity contribution in [2.24, 2.45) is 0 Å². The molecule has 1 aliphatic rings. The van der Waals surface area contributed by atoms with Gasteiger partial charge in [0.1, 0.15) is 23.6 Å². The summed E-state index contributed by atoms with van der Waals surface area (Å²) in [5, 5.41) is 0.814. The first-order valence-electron chi connectivity index (χ1n) is 8.47. The molecular formula is C18H23FN4O2. The van der Waals surface area contributed by atoms with Gasteiger partial charge in [0.05, 0.1) is 5.52 Å². The van der Waals surface area contributed by atoms with E-state index in [0.717, 1.165) is 24.2 Å². The average molecular weight is 346 g/mol. The number of ether oxygens (including phenoxy) is 1. The minimum absolute atomic E-state index is 0.288. The normalized spacial score (nSPS) is 16.0. The summed E-state index contributed by atoms with van der Waals surface area (Å²) in [6, 6.07) is 4.53. The molecule has 0 N–H and O–H groups in total. The van der Waals surface area contributed by atoms with Crippen molar-refractivity contribution in [2.75, 3.05) is 31.1 Å². The monoisotopic (exact) mass is 346 g/mol. The SMILES string of the molecule is CC(C)(C)OC(=O)N1CCCN(c2ncnc3cc(F)ccc23)CC1. The Balaban J connectivity index is 1.77. The zero-order valence-electron chi connectivity index (χ0n) is 14.8. The Labute approximate surface area is 146 Å². The summed E-state index contributed by atoms with van der Waals surface area (Å²) in [5.74, 6) is 0.458. The van der Waals surface area contributed by atoms with E-state index in [0.29, 0.717) is 25.2 Å². The van der Waals surface area contributed by atoms with Crippen molar-refractivity contribution in [1.29, 1.82) is 0 Å². The van der Waals surface area contributed by atoms with Gasteiger partial charge in [0.15, 0.2) is 0 Å². The van der Waals surface area contributed by atoms with Crippen LogP contribution in [-0.4, -0.2) is 52.7 Å². The lowest BCUT2D eigenvalue weighted by Crippen LogP contribution is -2.39. The van der Waals surface area contributed by atoms with Crippen molar-refractivity contribution in [3.63, 3.8) is 0 Å². The van der Waals surface area contributed by atoms with Crippen LogP contribution >= 0.6 is 0 Å². The van der Waals surface area contributed by atoms with Crippen LogP contribution in [0.25, 0.3) is 10.9 Å². The fourth-order valence-electron chi connectivity index (χ4n) is 2.91. The van der Waals surface area contributed by atoms with Gasteiger partial charge >= 0.3 is 6.09 Å². The van der Waals surface area contributed by atoms with Crippen molar-refractivity contribution in [2.45, 2.75) is 32.8 Å². The maximum Gasteiger partial charge on any atom is 0.410 e. The quantitative estimate of drug-likeness (QED) is 0.793. The van der Waals surface area contributed by atoms with Crippen LogP contribution in [0.5, 0.6) is 0 Å². The first-order valence-corrected chi connectivity index (χ1v) is 8.47. The largest absolute Gasteiger partial charge is 0.444 e. The Kier molecular flexibility index (Phi) is 4.74. The van der Waals surface area contributed by atoms with E-state index in [4.69, 9.17) is 4.74 Å². The van der Waals surface area contributed by atoms with Crippen LogP contribution < -0.4 is 4.90 Å². The first-order chi connectivity index (χ1) is 11.8. The van der Waals surface area contributed by atoms with Gasteiger partial charge in [-0.25, -0.2) is 19.2 Å². The smallest absolute Gasteiger partial charge is 0.410 e. The molecule has 2 heterocycles. The number of carbonyl (C=O) groups excluding carboxylic acids is 1. The molecule has 2 aromatic rings. The molecule has 1 aromatic carbocycles. The van der Waals surface area contributed by atoms with Gasteiger partial charge in [-0.15, -0.1) is 0 Å². The highest BCUT2D eigenvalue weighted by Crippen LogP contribution is 2.24. The Bertz CT molecular complexity index is 775. The molecule has 1 fully saturated rings. The maximum atomic E-state index is 13.4. The number of hydrogen-bond acceptors (Lipinski definition) is 5. The zero-order valence-corrected chi connectivity index (χ0v) is 14.8. The van der Waals surface area contributed by atoms with Crippen LogP contribution in [0.2, 0.25) is 0 Å². The Morgan fingerprint density at radius 1 is 1.16 bits per heavy atom. The van der Waals surface area contributed by atoms with E-state index in [1.54, 1.807) is 11.0 Å². The van der Waals surface area contributed by atoms with Crippen LogP contribution in [-0.2, 0) is 4.74 Å². The summed E-state index contributed by atoms with van der Waals surface area (Å²) in [6.45, 7) is 8.19. The highest BCUT2D eigenvalue weighted by atomic mass is 19.1. The molecule has 0 saturated carbocycles. The molecule has 134 valence electrons. The Hall–Kier alpha value is -2.44. The number of fused-ring (bicyclic) bond motifs is 1. The Morgan fingerprint density at radius 3 is 2.72 bits per heavy atom. The van der Waals surface area contributed by atoms with Crippen LogP contribution in [0.1, 0.15) is 27.2 Å². The third-order valence-electron chi connectivity index (χ3n) is 4.02. The molecular weight excluding hydrogens is 323 g/mol. The van der Waals surface area contributed by atoms with Gasteiger partial charge in [-0.3, -0.25) is 0 Å². The molecule has 0 bridgehead atoms. The summed E-state index contributed by atoms with van der Waals surface area (Å²) in [5.41, 5.74) is 0.0777. The average Bonchev–Trinajstić information content (AvgIpc) is 2.78. The summed E-state index contributed by atoms with van der Waals surface area (Å²) >= 11 is 0. The molecule has 0 spiro atoms. The fraction of sp³-hybridized carbons (Fsp3) is 0.500. The minimum Gasteiger partial charge on any atom is -0.444 e. The third-order valence-corrected chi connectivity index (χ3v) is 4.02. The van der Waals surface area contributed by atoms with Gasteiger partial charge in [-0.1, -0.05) is 0 Å². The Morgan fingerprint density at radius 2 is 1.96 bits per heavy atom. The molecule has 0 radical (unpaired) electrons. The van der Waals surface area contributed by atoms with Gasteiger partial charge in [0.25, 0.3) is 0 Å². The maximum absolute atomic E-state index is 13.4. The predicted octanol–water partition coefficient (Wildman–Crippen LogP) is 3.22. The molecule has 7 heteroatoms. The number of rotatable bonds is 1. The summed E-state index contributed by atoms with van der Waals surface area (Å²) in [4.78, 5) is 24.7. The number of amides is 1. The lowest BCUT2D eigenvalue weighted by molar-refractivity contribution is 0.0263. The van der Waals surface area contributed by atoms with Crippen molar-refractivity contribution >= 4 is 22.8 Å². The number of hydrogen-bond donors (Lipinski definition) is 0. The lowest BCUT2D eigenvalue weighted by Gasteiger charge is -2.26. The number of halogens is 1.